The lowest BCUT2D eigenvalue weighted by Crippen LogP contribution is -2.14. The quantitative estimate of drug-likeness (QED) is 0.465. The normalized spacial score (nSPS) is 11.9. The van der Waals surface area contributed by atoms with Crippen LogP contribution in [0, 0.1) is 6.92 Å². The van der Waals surface area contributed by atoms with E-state index in [9.17, 15) is 10.2 Å². The number of aromatic hydroxyl groups is 2. The highest BCUT2D eigenvalue weighted by atomic mass is 16.5. The van der Waals surface area contributed by atoms with Gasteiger partial charge in [-0.05, 0) is 42.8 Å². The fourth-order valence-electron chi connectivity index (χ4n) is 3.36. The third kappa shape index (κ3) is 3.65. The van der Waals surface area contributed by atoms with E-state index in [2.05, 4.69) is 15.3 Å². The molecule has 0 saturated carbocycles. The topological polar surface area (TPSA) is 87.5 Å². The molecule has 0 unspecified atom stereocenters. The van der Waals surface area contributed by atoms with Gasteiger partial charge in [0, 0.05) is 22.8 Å². The number of aryl methyl sites for hydroxylation is 1. The van der Waals surface area contributed by atoms with Gasteiger partial charge >= 0.3 is 0 Å². The van der Waals surface area contributed by atoms with E-state index in [4.69, 9.17) is 4.74 Å². The van der Waals surface area contributed by atoms with Gasteiger partial charge in [-0.25, -0.2) is 4.98 Å². The molecule has 146 valence electrons. The van der Waals surface area contributed by atoms with Crippen molar-refractivity contribution in [3.8, 4) is 17.2 Å². The fraction of sp³-hybridized carbons (Fsp3) is 0.130. The maximum atomic E-state index is 11.0. The molecule has 0 aliphatic carbocycles. The summed E-state index contributed by atoms with van der Waals surface area (Å²) >= 11 is 0. The van der Waals surface area contributed by atoms with Crippen molar-refractivity contribution in [2.75, 3.05) is 12.4 Å². The van der Waals surface area contributed by atoms with Crippen molar-refractivity contribution in [1.29, 1.82) is 0 Å². The molecular formula is C23H21N3O3. The highest BCUT2D eigenvalue weighted by Gasteiger charge is 2.21. The van der Waals surface area contributed by atoms with Crippen LogP contribution in [0.15, 0.2) is 66.9 Å². The number of aromatic nitrogens is 2. The largest absolute Gasteiger partial charge is 0.505 e. The Morgan fingerprint density at radius 3 is 2.66 bits per heavy atom. The molecule has 6 heteroatoms. The van der Waals surface area contributed by atoms with Crippen LogP contribution >= 0.6 is 0 Å². The van der Waals surface area contributed by atoms with E-state index in [1.807, 2.05) is 49.4 Å². The Balaban J connectivity index is 1.87. The van der Waals surface area contributed by atoms with Crippen LogP contribution in [0.2, 0.25) is 0 Å². The number of phenols is 2. The SMILES string of the molecule is COc1cc([C@@H](Nc2cccc(C)n2)c2ccc3cccnc3c2O)ccc1O. The number of rotatable bonds is 5. The third-order valence-electron chi connectivity index (χ3n) is 4.81. The number of pyridine rings is 2. The molecule has 0 amide bonds. The van der Waals surface area contributed by atoms with Gasteiger partial charge in [0.1, 0.15) is 17.1 Å². The van der Waals surface area contributed by atoms with Crippen LogP contribution in [0.1, 0.15) is 22.9 Å². The van der Waals surface area contributed by atoms with Gasteiger partial charge in [0.2, 0.25) is 0 Å². The molecule has 2 heterocycles. The van der Waals surface area contributed by atoms with Crippen molar-refractivity contribution in [2.45, 2.75) is 13.0 Å². The molecule has 29 heavy (non-hydrogen) atoms. The van der Waals surface area contributed by atoms with Crippen molar-refractivity contribution in [1.82, 2.24) is 9.97 Å². The maximum Gasteiger partial charge on any atom is 0.160 e. The van der Waals surface area contributed by atoms with Gasteiger partial charge in [-0.15, -0.1) is 0 Å². The average Bonchev–Trinajstić information content (AvgIpc) is 2.73. The molecule has 0 bridgehead atoms. The first-order valence-electron chi connectivity index (χ1n) is 9.20. The number of anilines is 1. The van der Waals surface area contributed by atoms with Gasteiger partial charge in [-0.2, -0.15) is 0 Å². The molecule has 1 atom stereocenters. The number of hydrogen-bond acceptors (Lipinski definition) is 6. The second-order valence-corrected chi connectivity index (χ2v) is 6.75. The molecular weight excluding hydrogens is 366 g/mol. The van der Waals surface area contributed by atoms with E-state index in [1.54, 1.807) is 24.4 Å². The Morgan fingerprint density at radius 1 is 1.00 bits per heavy atom. The van der Waals surface area contributed by atoms with Crippen molar-refractivity contribution in [3.63, 3.8) is 0 Å². The first kappa shape index (κ1) is 18.6. The van der Waals surface area contributed by atoms with Crippen LogP contribution in [0.4, 0.5) is 5.82 Å². The van der Waals surface area contributed by atoms with Gasteiger partial charge in [0.25, 0.3) is 0 Å². The van der Waals surface area contributed by atoms with Crippen LogP contribution in [-0.2, 0) is 0 Å². The van der Waals surface area contributed by atoms with Crippen molar-refractivity contribution in [2.24, 2.45) is 0 Å². The smallest absolute Gasteiger partial charge is 0.160 e. The molecule has 0 aliphatic rings. The number of phenolic OH excluding ortho intramolecular Hbond substituents is 2. The summed E-state index contributed by atoms with van der Waals surface area (Å²) in [6, 6.07) is 17.9. The Morgan fingerprint density at radius 2 is 1.86 bits per heavy atom. The van der Waals surface area contributed by atoms with Gasteiger partial charge in [-0.1, -0.05) is 30.3 Å². The first-order chi connectivity index (χ1) is 14.1. The highest BCUT2D eigenvalue weighted by molar-refractivity contribution is 5.86. The van der Waals surface area contributed by atoms with Gasteiger partial charge in [0.15, 0.2) is 11.5 Å². The van der Waals surface area contributed by atoms with Crippen LogP contribution in [0.3, 0.4) is 0 Å². The number of fused-ring (bicyclic) bond motifs is 1. The fourth-order valence-corrected chi connectivity index (χ4v) is 3.36. The molecule has 0 spiro atoms. The monoisotopic (exact) mass is 387 g/mol. The van der Waals surface area contributed by atoms with Crippen LogP contribution in [0.25, 0.3) is 10.9 Å². The number of methoxy groups -OCH3 is 1. The third-order valence-corrected chi connectivity index (χ3v) is 4.81. The van der Waals surface area contributed by atoms with E-state index in [-0.39, 0.29) is 11.5 Å². The zero-order valence-corrected chi connectivity index (χ0v) is 16.1. The molecule has 2 aromatic carbocycles. The first-order valence-corrected chi connectivity index (χ1v) is 9.20. The predicted molar refractivity (Wildman–Crippen MR) is 113 cm³/mol. The second-order valence-electron chi connectivity index (χ2n) is 6.75. The van der Waals surface area contributed by atoms with E-state index in [0.29, 0.717) is 22.6 Å². The molecule has 0 aliphatic heterocycles. The van der Waals surface area contributed by atoms with Crippen molar-refractivity contribution in [3.05, 3.63) is 83.7 Å². The van der Waals surface area contributed by atoms with Crippen molar-refractivity contribution < 1.29 is 14.9 Å². The molecule has 0 radical (unpaired) electrons. The molecule has 3 N–H and O–H groups in total. The number of nitrogens with one attached hydrogen (secondary N) is 1. The Kier molecular flexibility index (Phi) is 4.91. The molecule has 4 rings (SSSR count). The number of hydrogen-bond donors (Lipinski definition) is 3. The van der Waals surface area contributed by atoms with Gasteiger partial charge < -0.3 is 20.3 Å². The zero-order chi connectivity index (χ0) is 20.4. The number of benzene rings is 2. The molecule has 6 nitrogen and oxygen atoms in total. The van der Waals surface area contributed by atoms with Gasteiger partial charge in [-0.3, -0.25) is 4.98 Å². The molecule has 0 saturated heterocycles. The van der Waals surface area contributed by atoms with Crippen LogP contribution in [-0.4, -0.2) is 27.3 Å². The standard InChI is InChI=1S/C23H21N3O3/c1-14-5-3-7-20(25-14)26-21(16-9-11-18(27)19(13-16)29-2)17-10-8-15-6-4-12-24-22(15)23(17)28/h3-13,21,27-28H,1-2H3,(H,25,26)/t21-/m1/s1. The minimum atomic E-state index is -0.440. The predicted octanol–water partition coefficient (Wildman–Crippen LogP) is 4.56. The number of ether oxygens (including phenoxy) is 1. The lowest BCUT2D eigenvalue weighted by molar-refractivity contribution is 0.373. The van der Waals surface area contributed by atoms with Crippen LogP contribution < -0.4 is 10.1 Å². The summed E-state index contributed by atoms with van der Waals surface area (Å²) < 4.78 is 5.27. The summed E-state index contributed by atoms with van der Waals surface area (Å²) in [5, 5.41) is 25.2. The number of nitrogens with zero attached hydrogens (tertiary/aromatic N) is 2. The van der Waals surface area contributed by atoms with E-state index in [1.165, 1.54) is 7.11 Å². The summed E-state index contributed by atoms with van der Waals surface area (Å²) in [6.45, 7) is 1.92. The van der Waals surface area contributed by atoms with E-state index >= 15 is 0 Å². The lowest BCUT2D eigenvalue weighted by atomic mass is 9.96. The van der Waals surface area contributed by atoms with E-state index < -0.39 is 6.04 Å². The second kappa shape index (κ2) is 7.67. The Hall–Kier alpha value is -3.80. The maximum absolute atomic E-state index is 11.0. The highest BCUT2D eigenvalue weighted by Crippen LogP contribution is 2.38. The zero-order valence-electron chi connectivity index (χ0n) is 16.1. The summed E-state index contributed by atoms with van der Waals surface area (Å²) in [6.07, 6.45) is 1.65. The van der Waals surface area contributed by atoms with Gasteiger partial charge in [0.05, 0.1) is 13.2 Å². The summed E-state index contributed by atoms with van der Waals surface area (Å²) in [5.74, 6) is 1.17. The summed E-state index contributed by atoms with van der Waals surface area (Å²) in [4.78, 5) is 8.86. The van der Waals surface area contributed by atoms with Crippen LogP contribution in [0.5, 0.6) is 17.2 Å². The lowest BCUT2D eigenvalue weighted by Gasteiger charge is -2.23. The molecule has 4 aromatic rings. The Bertz CT molecular complexity index is 1180. The minimum Gasteiger partial charge on any atom is -0.505 e. The Labute approximate surface area is 168 Å². The summed E-state index contributed by atoms with van der Waals surface area (Å²) in [5.41, 5.74) is 2.85. The van der Waals surface area contributed by atoms with Crippen molar-refractivity contribution >= 4 is 16.7 Å². The minimum absolute atomic E-state index is 0.0491. The summed E-state index contributed by atoms with van der Waals surface area (Å²) in [7, 11) is 1.50. The molecule has 0 fully saturated rings. The molecule has 2 aromatic heterocycles. The average molecular weight is 387 g/mol. The van der Waals surface area contributed by atoms with E-state index in [0.717, 1.165) is 16.6 Å².